The van der Waals surface area contributed by atoms with Crippen LogP contribution >= 0.6 is 0 Å². The number of hydrogen-bond donors (Lipinski definition) is 0. The summed E-state index contributed by atoms with van der Waals surface area (Å²) in [6, 6.07) is 0. The first-order valence-electron chi connectivity index (χ1n) is 3.51. The van der Waals surface area contributed by atoms with Gasteiger partial charge in [0.1, 0.15) is 5.25 Å². The fourth-order valence-electron chi connectivity index (χ4n) is 1.12. The van der Waals surface area contributed by atoms with Gasteiger partial charge in [-0.15, -0.1) is 0 Å². The molecule has 3 nitrogen and oxygen atoms in total. The maximum atomic E-state index is 12.3. The molecule has 0 amide bonds. The summed E-state index contributed by atoms with van der Waals surface area (Å²) in [7, 11) is -0.101. The zero-order valence-corrected chi connectivity index (χ0v) is 7.95. The van der Waals surface area contributed by atoms with Crippen LogP contribution in [0.5, 0.6) is 0 Å². The standard InChI is InChI=1S/C6H9F3N2OS/c1-11-3-4(13(2)12)5(10-11)6(7,8)9/h4H,3H2,1-2H3. The van der Waals surface area contributed by atoms with Crippen molar-refractivity contribution in [2.75, 3.05) is 19.8 Å². The molecule has 0 bridgehead atoms. The van der Waals surface area contributed by atoms with E-state index in [1.165, 1.54) is 13.3 Å². The van der Waals surface area contributed by atoms with Crippen LogP contribution in [0.3, 0.4) is 0 Å². The summed E-state index contributed by atoms with van der Waals surface area (Å²) < 4.78 is 47.7. The van der Waals surface area contributed by atoms with Crippen molar-refractivity contribution in [1.29, 1.82) is 0 Å². The summed E-state index contributed by atoms with van der Waals surface area (Å²) in [4.78, 5) is 0. The molecule has 13 heavy (non-hydrogen) atoms. The average molecular weight is 214 g/mol. The average Bonchev–Trinajstić information content (AvgIpc) is 2.29. The highest BCUT2D eigenvalue weighted by atomic mass is 32.2. The quantitative estimate of drug-likeness (QED) is 0.640. The van der Waals surface area contributed by atoms with Crippen molar-refractivity contribution in [3.05, 3.63) is 0 Å². The van der Waals surface area contributed by atoms with Gasteiger partial charge in [0, 0.05) is 24.1 Å². The third-order valence-corrected chi connectivity index (χ3v) is 2.88. The Morgan fingerprint density at radius 3 is 2.46 bits per heavy atom. The van der Waals surface area contributed by atoms with Crippen LogP contribution in [0.4, 0.5) is 13.2 Å². The molecule has 0 fully saturated rings. The van der Waals surface area contributed by atoms with Gasteiger partial charge in [-0.25, -0.2) is 0 Å². The Balaban J connectivity index is 2.93. The molecular weight excluding hydrogens is 205 g/mol. The van der Waals surface area contributed by atoms with E-state index < -0.39 is 27.9 Å². The van der Waals surface area contributed by atoms with E-state index in [0.717, 1.165) is 5.01 Å². The van der Waals surface area contributed by atoms with Gasteiger partial charge in [-0.3, -0.25) is 9.22 Å². The molecule has 0 spiro atoms. The summed E-state index contributed by atoms with van der Waals surface area (Å²) in [6.45, 7) is 0.0674. The second-order valence-corrected chi connectivity index (χ2v) is 4.38. The molecule has 1 aliphatic heterocycles. The highest BCUT2D eigenvalue weighted by Gasteiger charge is 2.46. The minimum absolute atomic E-state index is 0.0674. The van der Waals surface area contributed by atoms with E-state index in [4.69, 9.17) is 0 Å². The number of rotatable bonds is 1. The molecule has 1 heterocycles. The van der Waals surface area contributed by atoms with Crippen molar-refractivity contribution in [3.63, 3.8) is 0 Å². The third-order valence-electron chi connectivity index (χ3n) is 1.70. The van der Waals surface area contributed by atoms with Crippen molar-refractivity contribution in [1.82, 2.24) is 5.01 Å². The fourth-order valence-corrected chi connectivity index (χ4v) is 2.04. The Kier molecular flexibility index (Phi) is 2.65. The smallest absolute Gasteiger partial charge is 0.298 e. The van der Waals surface area contributed by atoms with Crippen molar-refractivity contribution in [2.24, 2.45) is 5.10 Å². The molecule has 1 rings (SSSR count). The molecule has 0 aromatic heterocycles. The lowest BCUT2D eigenvalue weighted by Crippen LogP contribution is -2.36. The highest BCUT2D eigenvalue weighted by molar-refractivity contribution is 7.85. The lowest BCUT2D eigenvalue weighted by Gasteiger charge is -2.11. The second kappa shape index (κ2) is 3.28. The van der Waals surface area contributed by atoms with Crippen LogP contribution in [-0.2, 0) is 10.8 Å². The van der Waals surface area contributed by atoms with Crippen LogP contribution in [0.25, 0.3) is 0 Å². The summed E-state index contributed by atoms with van der Waals surface area (Å²) in [5, 5.41) is 3.45. The van der Waals surface area contributed by atoms with E-state index >= 15 is 0 Å². The number of alkyl halides is 3. The summed E-state index contributed by atoms with van der Waals surface area (Å²) in [5.74, 6) is 0. The Bertz CT molecular complexity index is 263. The minimum atomic E-state index is -4.47. The Labute approximate surface area is 76.1 Å². The van der Waals surface area contributed by atoms with Crippen LogP contribution in [0.15, 0.2) is 5.10 Å². The van der Waals surface area contributed by atoms with Crippen molar-refractivity contribution in [2.45, 2.75) is 11.4 Å². The lowest BCUT2D eigenvalue weighted by atomic mass is 10.3. The molecule has 0 radical (unpaired) electrons. The number of nitrogens with zero attached hydrogens (tertiary/aromatic N) is 2. The molecular formula is C6H9F3N2OS. The van der Waals surface area contributed by atoms with Crippen LogP contribution < -0.4 is 0 Å². The largest absolute Gasteiger partial charge is 0.432 e. The van der Waals surface area contributed by atoms with Crippen molar-refractivity contribution < 1.29 is 17.4 Å². The minimum Gasteiger partial charge on any atom is -0.298 e. The van der Waals surface area contributed by atoms with Crippen LogP contribution in [0.1, 0.15) is 0 Å². The first kappa shape index (κ1) is 10.5. The summed E-state index contributed by atoms with van der Waals surface area (Å²) in [6.07, 6.45) is -3.22. The molecule has 0 saturated carbocycles. The Morgan fingerprint density at radius 1 is 1.62 bits per heavy atom. The van der Waals surface area contributed by atoms with E-state index in [1.807, 2.05) is 0 Å². The van der Waals surface area contributed by atoms with Gasteiger partial charge >= 0.3 is 6.18 Å². The monoisotopic (exact) mass is 214 g/mol. The molecule has 1 aliphatic rings. The van der Waals surface area contributed by atoms with Gasteiger partial charge in [0.15, 0.2) is 5.71 Å². The summed E-state index contributed by atoms with van der Waals surface area (Å²) >= 11 is 0. The first-order valence-corrected chi connectivity index (χ1v) is 5.13. The lowest BCUT2D eigenvalue weighted by molar-refractivity contribution is -0.0598. The number of halogens is 3. The van der Waals surface area contributed by atoms with E-state index in [2.05, 4.69) is 5.10 Å². The number of hydrogen-bond acceptors (Lipinski definition) is 3. The molecule has 0 aliphatic carbocycles. The SMILES string of the molecule is CN1CC(S(C)=O)C(C(F)(F)F)=N1. The molecule has 0 aromatic rings. The predicted molar refractivity (Wildman–Crippen MR) is 44.0 cm³/mol. The topological polar surface area (TPSA) is 32.7 Å². The first-order chi connectivity index (χ1) is 5.82. The van der Waals surface area contributed by atoms with Crippen LogP contribution in [0.2, 0.25) is 0 Å². The van der Waals surface area contributed by atoms with Crippen molar-refractivity contribution >= 4 is 16.5 Å². The van der Waals surface area contributed by atoms with Gasteiger partial charge in [-0.05, 0) is 0 Å². The maximum Gasteiger partial charge on any atom is 0.432 e. The van der Waals surface area contributed by atoms with Crippen molar-refractivity contribution in [3.8, 4) is 0 Å². The normalized spacial score (nSPS) is 26.1. The summed E-state index contributed by atoms with van der Waals surface area (Å²) in [5.41, 5.74) is -0.934. The fraction of sp³-hybridized carbons (Fsp3) is 0.833. The molecule has 0 saturated heterocycles. The maximum absolute atomic E-state index is 12.3. The van der Waals surface area contributed by atoms with Gasteiger partial charge in [-0.1, -0.05) is 0 Å². The molecule has 76 valence electrons. The molecule has 0 N–H and O–H groups in total. The van der Waals surface area contributed by atoms with Crippen LogP contribution in [-0.4, -0.2) is 46.2 Å². The van der Waals surface area contributed by atoms with E-state index in [0.29, 0.717) is 0 Å². The van der Waals surface area contributed by atoms with Gasteiger partial charge < -0.3 is 0 Å². The van der Waals surface area contributed by atoms with Gasteiger partial charge in [-0.2, -0.15) is 18.3 Å². The highest BCUT2D eigenvalue weighted by Crippen LogP contribution is 2.25. The zero-order chi connectivity index (χ0) is 10.2. The van der Waals surface area contributed by atoms with Crippen LogP contribution in [0, 0.1) is 0 Å². The molecule has 2 unspecified atom stereocenters. The zero-order valence-electron chi connectivity index (χ0n) is 7.13. The number of hydrazone groups is 1. The molecule has 0 aromatic carbocycles. The Hall–Kier alpha value is -0.590. The second-order valence-electron chi connectivity index (χ2n) is 2.81. The molecule has 2 atom stereocenters. The van der Waals surface area contributed by atoms with Gasteiger partial charge in [0.2, 0.25) is 0 Å². The van der Waals surface area contributed by atoms with Gasteiger partial charge in [0.25, 0.3) is 0 Å². The molecule has 7 heteroatoms. The van der Waals surface area contributed by atoms with E-state index in [-0.39, 0.29) is 6.54 Å². The third kappa shape index (κ3) is 2.20. The van der Waals surface area contributed by atoms with E-state index in [9.17, 15) is 17.4 Å². The van der Waals surface area contributed by atoms with E-state index in [1.54, 1.807) is 0 Å². The van der Waals surface area contributed by atoms with Gasteiger partial charge in [0.05, 0.1) is 6.54 Å². The predicted octanol–water partition coefficient (Wildman–Crippen LogP) is 0.597. The Morgan fingerprint density at radius 2 is 2.15 bits per heavy atom.